The zero-order chi connectivity index (χ0) is 22.4. The Bertz CT molecular complexity index is 1110. The molecule has 3 aromatic rings. The molecule has 0 spiro atoms. The van der Waals surface area contributed by atoms with Crippen LogP contribution in [0.5, 0.6) is 17.2 Å². The van der Waals surface area contributed by atoms with Crippen molar-refractivity contribution in [3.8, 4) is 23.3 Å². The van der Waals surface area contributed by atoms with E-state index in [4.69, 9.17) is 14.2 Å². The van der Waals surface area contributed by atoms with Crippen molar-refractivity contribution in [2.75, 3.05) is 26.6 Å². The number of nitrogens with one attached hydrogen (secondary N) is 1. The van der Waals surface area contributed by atoms with Crippen molar-refractivity contribution in [1.29, 1.82) is 5.26 Å². The Morgan fingerprint density at radius 3 is 2.13 bits per heavy atom. The van der Waals surface area contributed by atoms with E-state index >= 15 is 0 Å². The van der Waals surface area contributed by atoms with Crippen molar-refractivity contribution < 1.29 is 19.0 Å². The van der Waals surface area contributed by atoms with Gasteiger partial charge in [-0.2, -0.15) is 5.26 Å². The number of anilines is 1. The topological polar surface area (TPSA) is 80.6 Å². The Kier molecular flexibility index (Phi) is 7.06. The third kappa shape index (κ3) is 5.11. The second kappa shape index (κ2) is 9.92. The van der Waals surface area contributed by atoms with E-state index in [1.54, 1.807) is 24.3 Å². The van der Waals surface area contributed by atoms with Crippen LogP contribution in [0, 0.1) is 18.3 Å². The fourth-order valence-electron chi connectivity index (χ4n) is 2.93. The van der Waals surface area contributed by atoms with Gasteiger partial charge in [-0.1, -0.05) is 29.5 Å². The minimum absolute atomic E-state index is 0.336. The van der Waals surface area contributed by atoms with Gasteiger partial charge >= 0.3 is 0 Å². The molecule has 1 amide bonds. The monoisotopic (exact) mass is 434 g/mol. The predicted molar refractivity (Wildman–Crippen MR) is 121 cm³/mol. The second-order valence-corrected chi connectivity index (χ2v) is 7.72. The first kappa shape index (κ1) is 22.1. The molecule has 0 aliphatic carbocycles. The summed E-state index contributed by atoms with van der Waals surface area (Å²) in [5, 5.41) is 12.2. The molecule has 3 rings (SSSR count). The molecule has 0 aliphatic rings. The molecule has 0 fully saturated rings. The Morgan fingerprint density at radius 2 is 1.58 bits per heavy atom. The van der Waals surface area contributed by atoms with Crippen molar-refractivity contribution in [1.82, 2.24) is 0 Å². The lowest BCUT2D eigenvalue weighted by Gasteiger charge is -2.15. The van der Waals surface area contributed by atoms with Crippen molar-refractivity contribution in [2.24, 2.45) is 0 Å². The van der Waals surface area contributed by atoms with Crippen LogP contribution in [0.1, 0.15) is 21.5 Å². The van der Waals surface area contributed by atoms with Gasteiger partial charge in [-0.15, -0.1) is 0 Å². The summed E-state index contributed by atoms with van der Waals surface area (Å²) in [5.41, 5.74) is 2.50. The maximum absolute atomic E-state index is 13.0. The number of nitriles is 1. The van der Waals surface area contributed by atoms with E-state index < -0.39 is 0 Å². The molecule has 0 bridgehead atoms. The second-order valence-electron chi connectivity index (χ2n) is 6.61. The van der Waals surface area contributed by atoms with Crippen molar-refractivity contribution in [2.45, 2.75) is 16.7 Å². The number of carbonyl (C=O) groups is 1. The van der Waals surface area contributed by atoms with E-state index in [0.717, 1.165) is 9.79 Å². The molecule has 0 saturated heterocycles. The van der Waals surface area contributed by atoms with Gasteiger partial charge in [-0.3, -0.25) is 4.79 Å². The molecule has 0 heterocycles. The summed E-state index contributed by atoms with van der Waals surface area (Å²) in [6, 6.07) is 18.6. The quantitative estimate of drug-likeness (QED) is 0.544. The standard InChI is InChI=1S/C24H22N2O4S/c1-15-5-8-18(9-6-15)31-22-10-7-16(14-25)11-19(22)26-24(27)17-12-20(28-2)23(30-4)21(13-17)29-3/h5-13H,1-4H3,(H,26,27). The molecule has 7 heteroatoms. The molecular formula is C24H22N2O4S. The van der Waals surface area contributed by atoms with Crippen LogP contribution in [0.2, 0.25) is 0 Å². The maximum atomic E-state index is 13.0. The molecule has 3 aromatic carbocycles. The molecule has 31 heavy (non-hydrogen) atoms. The minimum Gasteiger partial charge on any atom is -0.493 e. The molecule has 158 valence electrons. The van der Waals surface area contributed by atoms with Crippen LogP contribution in [0.3, 0.4) is 0 Å². The van der Waals surface area contributed by atoms with Gasteiger partial charge < -0.3 is 19.5 Å². The van der Waals surface area contributed by atoms with E-state index in [1.165, 1.54) is 38.7 Å². The molecule has 6 nitrogen and oxygen atoms in total. The number of methoxy groups -OCH3 is 3. The summed E-state index contributed by atoms with van der Waals surface area (Å²) in [4.78, 5) is 14.9. The molecule has 0 aliphatic heterocycles. The largest absolute Gasteiger partial charge is 0.493 e. The van der Waals surface area contributed by atoms with Crippen LogP contribution in [0.25, 0.3) is 0 Å². The van der Waals surface area contributed by atoms with Gasteiger partial charge in [-0.05, 0) is 49.4 Å². The van der Waals surface area contributed by atoms with E-state index in [2.05, 4.69) is 11.4 Å². The first-order valence-electron chi connectivity index (χ1n) is 9.39. The first-order valence-corrected chi connectivity index (χ1v) is 10.2. The number of hydrogen-bond acceptors (Lipinski definition) is 6. The van der Waals surface area contributed by atoms with E-state index in [-0.39, 0.29) is 5.91 Å². The number of carbonyl (C=O) groups excluding carboxylic acids is 1. The van der Waals surface area contributed by atoms with Crippen LogP contribution in [-0.4, -0.2) is 27.2 Å². The first-order chi connectivity index (χ1) is 15.0. The summed E-state index contributed by atoms with van der Waals surface area (Å²) < 4.78 is 16.0. The average Bonchev–Trinajstić information content (AvgIpc) is 2.80. The predicted octanol–water partition coefficient (Wildman–Crippen LogP) is 5.30. The van der Waals surface area contributed by atoms with Crippen LogP contribution >= 0.6 is 11.8 Å². The van der Waals surface area contributed by atoms with Crippen molar-refractivity contribution >= 4 is 23.4 Å². The van der Waals surface area contributed by atoms with E-state index in [0.29, 0.717) is 34.1 Å². The lowest BCUT2D eigenvalue weighted by atomic mass is 10.1. The number of amides is 1. The molecule has 0 radical (unpaired) electrons. The number of rotatable bonds is 7. The summed E-state index contributed by atoms with van der Waals surface area (Å²) in [5.74, 6) is 0.808. The Morgan fingerprint density at radius 1 is 0.935 bits per heavy atom. The SMILES string of the molecule is COc1cc(C(=O)Nc2cc(C#N)ccc2Sc2ccc(C)cc2)cc(OC)c1OC. The third-order valence-corrected chi connectivity index (χ3v) is 5.62. The van der Waals surface area contributed by atoms with Crippen molar-refractivity contribution in [3.05, 3.63) is 71.3 Å². The highest BCUT2D eigenvalue weighted by Gasteiger charge is 2.18. The lowest BCUT2D eigenvalue weighted by Crippen LogP contribution is -2.13. The van der Waals surface area contributed by atoms with Crippen LogP contribution in [-0.2, 0) is 0 Å². The fraction of sp³-hybridized carbons (Fsp3) is 0.167. The number of ether oxygens (including phenoxy) is 3. The maximum Gasteiger partial charge on any atom is 0.255 e. The van der Waals surface area contributed by atoms with Crippen LogP contribution in [0.15, 0.2) is 64.4 Å². The molecule has 0 atom stereocenters. The highest BCUT2D eigenvalue weighted by molar-refractivity contribution is 7.99. The summed E-state index contributed by atoms with van der Waals surface area (Å²) >= 11 is 1.51. The van der Waals surface area contributed by atoms with Gasteiger partial charge in [0.1, 0.15) is 0 Å². The Balaban J connectivity index is 1.95. The summed E-state index contributed by atoms with van der Waals surface area (Å²) in [6.45, 7) is 2.03. The molecular weight excluding hydrogens is 412 g/mol. The average molecular weight is 435 g/mol. The fourth-order valence-corrected chi connectivity index (χ4v) is 3.81. The molecule has 0 unspecified atom stereocenters. The zero-order valence-electron chi connectivity index (χ0n) is 17.7. The third-order valence-electron chi connectivity index (χ3n) is 4.53. The highest BCUT2D eigenvalue weighted by atomic mass is 32.2. The number of benzene rings is 3. The summed E-state index contributed by atoms with van der Waals surface area (Å²) in [6.07, 6.45) is 0. The van der Waals surface area contributed by atoms with E-state index in [1.807, 2.05) is 37.3 Å². The number of aryl methyl sites for hydroxylation is 1. The summed E-state index contributed by atoms with van der Waals surface area (Å²) in [7, 11) is 4.49. The van der Waals surface area contributed by atoms with Crippen LogP contribution in [0.4, 0.5) is 5.69 Å². The van der Waals surface area contributed by atoms with Gasteiger partial charge in [0, 0.05) is 15.4 Å². The van der Waals surface area contributed by atoms with E-state index in [9.17, 15) is 10.1 Å². The zero-order valence-corrected chi connectivity index (χ0v) is 18.5. The molecule has 0 saturated carbocycles. The number of hydrogen-bond donors (Lipinski definition) is 1. The lowest BCUT2D eigenvalue weighted by molar-refractivity contribution is 0.102. The minimum atomic E-state index is -0.361. The normalized spacial score (nSPS) is 10.2. The molecule has 1 N–H and O–H groups in total. The Labute approximate surface area is 185 Å². The highest BCUT2D eigenvalue weighted by Crippen LogP contribution is 2.39. The van der Waals surface area contributed by atoms with Gasteiger partial charge in [0.15, 0.2) is 11.5 Å². The molecule has 0 aromatic heterocycles. The van der Waals surface area contributed by atoms with Gasteiger partial charge in [0.25, 0.3) is 5.91 Å². The van der Waals surface area contributed by atoms with Gasteiger partial charge in [0.2, 0.25) is 5.75 Å². The van der Waals surface area contributed by atoms with Crippen LogP contribution < -0.4 is 19.5 Å². The van der Waals surface area contributed by atoms with Crippen molar-refractivity contribution in [3.63, 3.8) is 0 Å². The van der Waals surface area contributed by atoms with Gasteiger partial charge in [0.05, 0.1) is 38.6 Å². The Hall–Kier alpha value is -3.63. The smallest absolute Gasteiger partial charge is 0.255 e. The number of nitrogens with zero attached hydrogens (tertiary/aromatic N) is 1. The van der Waals surface area contributed by atoms with Gasteiger partial charge in [-0.25, -0.2) is 0 Å².